The topological polar surface area (TPSA) is 84.7 Å². The lowest BCUT2D eigenvalue weighted by atomic mass is 10.1. The van der Waals surface area contributed by atoms with E-state index in [0.29, 0.717) is 30.4 Å². The molecular formula is C17H23N3O3. The molecule has 0 aromatic heterocycles. The maximum absolute atomic E-state index is 12.4. The molecule has 0 radical (unpaired) electrons. The second-order valence-electron chi connectivity index (χ2n) is 6.27. The van der Waals surface area contributed by atoms with Gasteiger partial charge in [0.1, 0.15) is 5.75 Å². The quantitative estimate of drug-likeness (QED) is 0.816. The molecule has 0 bridgehead atoms. The van der Waals surface area contributed by atoms with Crippen molar-refractivity contribution in [2.45, 2.75) is 25.3 Å². The Bertz CT molecular complexity index is 601. The molecule has 2 fully saturated rings. The fourth-order valence-electron chi connectivity index (χ4n) is 3.14. The summed E-state index contributed by atoms with van der Waals surface area (Å²) in [7, 11) is 1.57. The van der Waals surface area contributed by atoms with Crippen molar-refractivity contribution in [1.29, 1.82) is 0 Å². The Labute approximate surface area is 136 Å². The van der Waals surface area contributed by atoms with Gasteiger partial charge in [0.15, 0.2) is 0 Å². The predicted octanol–water partition coefficient (Wildman–Crippen LogP) is 0.902. The zero-order chi connectivity index (χ0) is 16.4. The third-order valence-electron chi connectivity index (χ3n) is 4.64. The van der Waals surface area contributed by atoms with Crippen molar-refractivity contribution < 1.29 is 14.3 Å². The first kappa shape index (κ1) is 15.8. The van der Waals surface area contributed by atoms with E-state index in [9.17, 15) is 9.59 Å². The molecule has 3 rings (SSSR count). The van der Waals surface area contributed by atoms with Gasteiger partial charge < -0.3 is 20.7 Å². The van der Waals surface area contributed by atoms with Gasteiger partial charge in [-0.2, -0.15) is 0 Å². The molecule has 1 aliphatic heterocycles. The molecule has 1 saturated carbocycles. The summed E-state index contributed by atoms with van der Waals surface area (Å²) in [4.78, 5) is 26.4. The lowest BCUT2D eigenvalue weighted by molar-refractivity contribution is -0.127. The minimum atomic E-state index is -0.333. The first-order chi connectivity index (χ1) is 11.1. The van der Waals surface area contributed by atoms with Crippen LogP contribution in [0.1, 0.15) is 19.3 Å². The Morgan fingerprint density at radius 2 is 2.17 bits per heavy atom. The number of nitrogens with two attached hydrogens (primary N) is 1. The van der Waals surface area contributed by atoms with E-state index in [1.54, 1.807) is 12.0 Å². The third-order valence-corrected chi connectivity index (χ3v) is 4.64. The van der Waals surface area contributed by atoms with Crippen molar-refractivity contribution in [1.82, 2.24) is 5.32 Å². The minimum absolute atomic E-state index is 0.0397. The van der Waals surface area contributed by atoms with E-state index in [0.717, 1.165) is 12.8 Å². The molecule has 1 aromatic rings. The fourth-order valence-corrected chi connectivity index (χ4v) is 3.14. The van der Waals surface area contributed by atoms with Crippen LogP contribution in [0, 0.1) is 11.8 Å². The second-order valence-corrected chi connectivity index (χ2v) is 6.27. The maximum atomic E-state index is 12.4. The highest BCUT2D eigenvalue weighted by molar-refractivity contribution is 6.01. The summed E-state index contributed by atoms with van der Waals surface area (Å²) in [6, 6.07) is 7.40. The van der Waals surface area contributed by atoms with E-state index >= 15 is 0 Å². The fraction of sp³-hybridized carbons (Fsp3) is 0.529. The molecule has 2 amide bonds. The van der Waals surface area contributed by atoms with Crippen LogP contribution in [0.4, 0.5) is 5.69 Å². The SMILES string of the molecule is COc1ccccc1N1CC(C(=O)NC(CN)C2CC2)CC1=O. The lowest BCUT2D eigenvalue weighted by Gasteiger charge is -2.21. The number of nitrogens with one attached hydrogen (secondary N) is 1. The summed E-state index contributed by atoms with van der Waals surface area (Å²) in [6.45, 7) is 0.834. The Morgan fingerprint density at radius 3 is 2.83 bits per heavy atom. The van der Waals surface area contributed by atoms with E-state index in [4.69, 9.17) is 10.5 Å². The number of rotatable bonds is 6. The van der Waals surface area contributed by atoms with Crippen molar-refractivity contribution in [3.63, 3.8) is 0 Å². The summed E-state index contributed by atoms with van der Waals surface area (Å²) >= 11 is 0. The van der Waals surface area contributed by atoms with Crippen molar-refractivity contribution in [2.24, 2.45) is 17.6 Å². The van der Waals surface area contributed by atoms with E-state index in [1.165, 1.54) is 0 Å². The highest BCUT2D eigenvalue weighted by Gasteiger charge is 2.38. The maximum Gasteiger partial charge on any atom is 0.227 e. The normalized spacial score (nSPS) is 22.1. The lowest BCUT2D eigenvalue weighted by Crippen LogP contribution is -2.45. The number of hydrogen-bond donors (Lipinski definition) is 2. The Hall–Kier alpha value is -2.08. The zero-order valence-corrected chi connectivity index (χ0v) is 13.3. The number of ether oxygens (including phenoxy) is 1. The number of nitrogens with zero attached hydrogens (tertiary/aromatic N) is 1. The molecule has 6 heteroatoms. The van der Waals surface area contributed by atoms with Gasteiger partial charge >= 0.3 is 0 Å². The molecule has 0 spiro atoms. The van der Waals surface area contributed by atoms with Gasteiger partial charge in [-0.15, -0.1) is 0 Å². The number of para-hydroxylation sites is 2. The summed E-state index contributed by atoms with van der Waals surface area (Å²) in [5.41, 5.74) is 6.45. The van der Waals surface area contributed by atoms with Crippen LogP contribution in [-0.2, 0) is 9.59 Å². The molecule has 23 heavy (non-hydrogen) atoms. The van der Waals surface area contributed by atoms with E-state index in [1.807, 2.05) is 24.3 Å². The van der Waals surface area contributed by atoms with Crippen LogP contribution >= 0.6 is 0 Å². The van der Waals surface area contributed by atoms with Crippen LogP contribution < -0.4 is 20.7 Å². The van der Waals surface area contributed by atoms with Crippen LogP contribution in [-0.4, -0.2) is 38.1 Å². The van der Waals surface area contributed by atoms with Crippen molar-refractivity contribution in [2.75, 3.05) is 25.1 Å². The molecule has 1 saturated heterocycles. The van der Waals surface area contributed by atoms with Crippen LogP contribution in [0.15, 0.2) is 24.3 Å². The van der Waals surface area contributed by atoms with Crippen LogP contribution in [0.25, 0.3) is 0 Å². The Morgan fingerprint density at radius 1 is 1.43 bits per heavy atom. The molecule has 2 unspecified atom stereocenters. The van der Waals surface area contributed by atoms with Crippen molar-refractivity contribution in [3.05, 3.63) is 24.3 Å². The van der Waals surface area contributed by atoms with Gasteiger partial charge in [-0.3, -0.25) is 9.59 Å². The summed E-state index contributed by atoms with van der Waals surface area (Å²) in [6.07, 6.45) is 2.48. The van der Waals surface area contributed by atoms with Gasteiger partial charge in [0.05, 0.1) is 18.7 Å². The number of hydrogen-bond acceptors (Lipinski definition) is 4. The molecule has 1 aromatic carbocycles. The molecule has 2 aliphatic rings. The van der Waals surface area contributed by atoms with Crippen LogP contribution in [0.2, 0.25) is 0 Å². The summed E-state index contributed by atoms with van der Waals surface area (Å²) < 4.78 is 5.31. The molecule has 1 aliphatic carbocycles. The summed E-state index contributed by atoms with van der Waals surface area (Å²) in [5.74, 6) is 0.690. The average molecular weight is 317 g/mol. The number of anilines is 1. The van der Waals surface area contributed by atoms with Gasteiger partial charge in [0.25, 0.3) is 0 Å². The Kier molecular flexibility index (Phi) is 4.52. The third kappa shape index (κ3) is 3.32. The standard InChI is InChI=1S/C17H23N3O3/c1-23-15-5-3-2-4-14(15)20-10-12(8-16(20)21)17(22)19-13(9-18)11-6-7-11/h2-5,11-13H,6-10,18H2,1H3,(H,19,22). The number of benzene rings is 1. The van der Waals surface area contributed by atoms with Gasteiger partial charge in [0.2, 0.25) is 11.8 Å². The Balaban J connectivity index is 1.68. The minimum Gasteiger partial charge on any atom is -0.495 e. The van der Waals surface area contributed by atoms with Gasteiger partial charge in [-0.05, 0) is 30.9 Å². The van der Waals surface area contributed by atoms with Crippen molar-refractivity contribution >= 4 is 17.5 Å². The molecule has 6 nitrogen and oxygen atoms in total. The molecule has 3 N–H and O–H groups in total. The molecule has 2 atom stereocenters. The van der Waals surface area contributed by atoms with Crippen LogP contribution in [0.3, 0.4) is 0 Å². The highest BCUT2D eigenvalue weighted by Crippen LogP contribution is 2.34. The first-order valence-corrected chi connectivity index (χ1v) is 8.08. The molecule has 1 heterocycles. The van der Waals surface area contributed by atoms with Gasteiger partial charge in [-0.1, -0.05) is 12.1 Å². The number of carbonyl (C=O) groups is 2. The number of amides is 2. The molecule has 124 valence electrons. The largest absolute Gasteiger partial charge is 0.495 e. The second kappa shape index (κ2) is 6.58. The number of carbonyl (C=O) groups excluding carboxylic acids is 2. The van der Waals surface area contributed by atoms with Gasteiger partial charge in [0, 0.05) is 25.6 Å². The van der Waals surface area contributed by atoms with Crippen LogP contribution in [0.5, 0.6) is 5.75 Å². The monoisotopic (exact) mass is 317 g/mol. The highest BCUT2D eigenvalue weighted by atomic mass is 16.5. The smallest absolute Gasteiger partial charge is 0.227 e. The number of methoxy groups -OCH3 is 1. The van der Waals surface area contributed by atoms with E-state index in [-0.39, 0.29) is 30.2 Å². The zero-order valence-electron chi connectivity index (χ0n) is 13.3. The van der Waals surface area contributed by atoms with Crippen molar-refractivity contribution in [3.8, 4) is 5.75 Å². The first-order valence-electron chi connectivity index (χ1n) is 8.08. The predicted molar refractivity (Wildman–Crippen MR) is 87.2 cm³/mol. The average Bonchev–Trinajstić information content (AvgIpc) is 3.34. The van der Waals surface area contributed by atoms with E-state index < -0.39 is 0 Å². The van der Waals surface area contributed by atoms with Gasteiger partial charge in [-0.25, -0.2) is 0 Å². The van der Waals surface area contributed by atoms with E-state index in [2.05, 4.69) is 5.32 Å². The summed E-state index contributed by atoms with van der Waals surface area (Å²) in [5, 5.41) is 3.02. The molecular weight excluding hydrogens is 294 g/mol.